The van der Waals surface area contributed by atoms with Crippen molar-refractivity contribution >= 4 is 5.91 Å². The first-order valence-corrected chi connectivity index (χ1v) is 6.32. The van der Waals surface area contributed by atoms with Gasteiger partial charge in [0, 0.05) is 18.7 Å². The molecule has 0 radical (unpaired) electrons. The van der Waals surface area contributed by atoms with Gasteiger partial charge in [-0.2, -0.15) is 0 Å². The van der Waals surface area contributed by atoms with Gasteiger partial charge in [0.15, 0.2) is 11.5 Å². The largest absolute Gasteiger partial charge is 0.454 e. The smallest absolute Gasteiger partial charge is 0.253 e. The molecule has 1 fully saturated rings. The van der Waals surface area contributed by atoms with Crippen LogP contribution in [-0.2, 0) is 4.84 Å². The van der Waals surface area contributed by atoms with Crippen LogP contribution in [0.25, 0.3) is 0 Å². The molecule has 2 heterocycles. The van der Waals surface area contributed by atoms with Crippen molar-refractivity contribution in [3.63, 3.8) is 0 Å². The number of nitrogens with zero attached hydrogens (tertiary/aromatic N) is 1. The molecule has 1 aromatic rings. The van der Waals surface area contributed by atoms with Gasteiger partial charge in [-0.1, -0.05) is 0 Å². The van der Waals surface area contributed by atoms with Crippen LogP contribution >= 0.6 is 0 Å². The van der Waals surface area contributed by atoms with Gasteiger partial charge in [0.25, 0.3) is 5.91 Å². The van der Waals surface area contributed by atoms with E-state index in [2.05, 4.69) is 0 Å². The molecule has 0 saturated carbocycles. The van der Waals surface area contributed by atoms with E-state index in [4.69, 9.17) is 20.2 Å². The van der Waals surface area contributed by atoms with E-state index in [-0.39, 0.29) is 18.8 Å². The molecule has 0 aromatic heterocycles. The van der Waals surface area contributed by atoms with Crippen molar-refractivity contribution in [1.29, 1.82) is 0 Å². The van der Waals surface area contributed by atoms with Gasteiger partial charge in [0.2, 0.25) is 6.79 Å². The van der Waals surface area contributed by atoms with E-state index in [9.17, 15) is 4.79 Å². The van der Waals surface area contributed by atoms with Crippen molar-refractivity contribution in [3.8, 4) is 11.5 Å². The van der Waals surface area contributed by atoms with E-state index in [0.29, 0.717) is 30.2 Å². The van der Waals surface area contributed by atoms with E-state index in [1.54, 1.807) is 18.2 Å². The number of carbonyl (C=O) groups excluding carboxylic acids is 1. The molecule has 0 unspecified atom stereocenters. The minimum absolute atomic E-state index is 0.00812. The zero-order chi connectivity index (χ0) is 13.2. The lowest BCUT2D eigenvalue weighted by molar-refractivity contribution is 0.00780. The van der Waals surface area contributed by atoms with E-state index in [1.807, 2.05) is 4.90 Å². The van der Waals surface area contributed by atoms with Crippen LogP contribution in [-0.4, -0.2) is 36.8 Å². The first-order valence-electron chi connectivity index (χ1n) is 6.32. The van der Waals surface area contributed by atoms with Crippen LogP contribution in [0.2, 0.25) is 0 Å². The molecule has 3 rings (SSSR count). The van der Waals surface area contributed by atoms with Crippen LogP contribution in [0.4, 0.5) is 0 Å². The summed E-state index contributed by atoms with van der Waals surface area (Å²) >= 11 is 0. The quantitative estimate of drug-likeness (QED) is 0.804. The Morgan fingerprint density at radius 1 is 1.26 bits per heavy atom. The lowest BCUT2D eigenvalue weighted by Gasteiger charge is -2.30. The predicted octanol–water partition coefficient (Wildman–Crippen LogP) is 0.910. The topological polar surface area (TPSA) is 74.0 Å². The lowest BCUT2D eigenvalue weighted by atomic mass is 10.1. The van der Waals surface area contributed by atoms with E-state index < -0.39 is 0 Å². The maximum Gasteiger partial charge on any atom is 0.253 e. The summed E-state index contributed by atoms with van der Waals surface area (Å²) in [7, 11) is 0. The molecule has 0 spiro atoms. The minimum Gasteiger partial charge on any atom is -0.454 e. The summed E-state index contributed by atoms with van der Waals surface area (Å²) in [4.78, 5) is 19.0. The standard InChI is InChI=1S/C13H16N2O4/c14-19-10-3-5-15(6-4-10)13(16)9-1-2-11-12(7-9)18-8-17-11/h1-2,7,10H,3-6,8,14H2. The number of carbonyl (C=O) groups is 1. The van der Waals surface area contributed by atoms with Crippen molar-refractivity contribution < 1.29 is 19.1 Å². The zero-order valence-electron chi connectivity index (χ0n) is 10.5. The van der Waals surface area contributed by atoms with Gasteiger partial charge < -0.3 is 19.2 Å². The molecule has 1 aromatic carbocycles. The van der Waals surface area contributed by atoms with Crippen LogP contribution in [0.1, 0.15) is 23.2 Å². The second-order valence-electron chi connectivity index (χ2n) is 4.70. The Morgan fingerprint density at radius 3 is 2.74 bits per heavy atom. The third-order valence-electron chi connectivity index (χ3n) is 3.54. The van der Waals surface area contributed by atoms with Crippen molar-refractivity contribution in [1.82, 2.24) is 4.90 Å². The maximum atomic E-state index is 12.4. The summed E-state index contributed by atoms with van der Waals surface area (Å²) in [5.74, 6) is 6.49. The van der Waals surface area contributed by atoms with Crippen molar-refractivity contribution in [3.05, 3.63) is 23.8 Å². The Bertz CT molecular complexity index is 484. The molecule has 2 aliphatic rings. The fraction of sp³-hybridized carbons (Fsp3) is 0.462. The van der Waals surface area contributed by atoms with Gasteiger partial charge in [-0.05, 0) is 31.0 Å². The SMILES string of the molecule is NOC1CCN(C(=O)c2ccc3c(c2)OCO3)CC1. The van der Waals surface area contributed by atoms with Crippen molar-refractivity contribution in [2.24, 2.45) is 5.90 Å². The number of fused-ring (bicyclic) bond motifs is 1. The summed E-state index contributed by atoms with van der Waals surface area (Å²) in [6.07, 6.45) is 1.60. The first kappa shape index (κ1) is 12.3. The molecule has 6 heteroatoms. The second kappa shape index (κ2) is 5.07. The fourth-order valence-corrected chi connectivity index (χ4v) is 2.41. The molecule has 0 bridgehead atoms. The molecular weight excluding hydrogens is 248 g/mol. The highest BCUT2D eigenvalue weighted by atomic mass is 16.7. The first-order chi connectivity index (χ1) is 9.28. The number of likely N-dealkylation sites (tertiary alicyclic amines) is 1. The number of amides is 1. The zero-order valence-corrected chi connectivity index (χ0v) is 10.5. The Labute approximate surface area is 111 Å². The number of hydrogen-bond acceptors (Lipinski definition) is 5. The normalized spacial score (nSPS) is 18.7. The molecule has 1 saturated heterocycles. The van der Waals surface area contributed by atoms with Crippen molar-refractivity contribution in [2.75, 3.05) is 19.9 Å². The van der Waals surface area contributed by atoms with Gasteiger partial charge >= 0.3 is 0 Å². The highest BCUT2D eigenvalue weighted by molar-refractivity contribution is 5.95. The fourth-order valence-electron chi connectivity index (χ4n) is 2.41. The van der Waals surface area contributed by atoms with Gasteiger partial charge in [-0.3, -0.25) is 4.79 Å². The Balaban J connectivity index is 1.70. The summed E-state index contributed by atoms with van der Waals surface area (Å²) in [5.41, 5.74) is 0.622. The highest BCUT2D eigenvalue weighted by Crippen LogP contribution is 2.33. The lowest BCUT2D eigenvalue weighted by Crippen LogP contribution is -2.41. The third kappa shape index (κ3) is 2.36. The number of hydrogen-bond donors (Lipinski definition) is 1. The average molecular weight is 264 g/mol. The van der Waals surface area contributed by atoms with Crippen LogP contribution in [0.15, 0.2) is 18.2 Å². The molecular formula is C13H16N2O4. The Morgan fingerprint density at radius 2 is 2.00 bits per heavy atom. The highest BCUT2D eigenvalue weighted by Gasteiger charge is 2.25. The number of rotatable bonds is 2. The molecule has 0 aliphatic carbocycles. The number of piperidine rings is 1. The predicted molar refractivity (Wildman–Crippen MR) is 66.8 cm³/mol. The van der Waals surface area contributed by atoms with Crippen LogP contribution in [0, 0.1) is 0 Å². The third-order valence-corrected chi connectivity index (χ3v) is 3.54. The minimum atomic E-state index is 0.00812. The summed E-state index contributed by atoms with van der Waals surface area (Å²) < 4.78 is 10.5. The van der Waals surface area contributed by atoms with Gasteiger partial charge in [0.05, 0.1) is 6.10 Å². The Kier molecular flexibility index (Phi) is 3.27. The van der Waals surface area contributed by atoms with Crippen LogP contribution in [0.3, 0.4) is 0 Å². The second-order valence-corrected chi connectivity index (χ2v) is 4.70. The summed E-state index contributed by atoms with van der Waals surface area (Å²) in [5, 5.41) is 0. The number of benzene rings is 1. The molecule has 2 aliphatic heterocycles. The molecule has 6 nitrogen and oxygen atoms in total. The van der Waals surface area contributed by atoms with Gasteiger partial charge in [-0.25, -0.2) is 5.90 Å². The summed E-state index contributed by atoms with van der Waals surface area (Å²) in [6.45, 7) is 1.54. The van der Waals surface area contributed by atoms with Crippen molar-refractivity contribution in [2.45, 2.75) is 18.9 Å². The Hall–Kier alpha value is -1.79. The average Bonchev–Trinajstić information content (AvgIpc) is 2.94. The van der Waals surface area contributed by atoms with Crippen LogP contribution < -0.4 is 15.4 Å². The van der Waals surface area contributed by atoms with E-state index >= 15 is 0 Å². The van der Waals surface area contributed by atoms with Gasteiger partial charge in [0.1, 0.15) is 0 Å². The molecule has 0 atom stereocenters. The van der Waals surface area contributed by atoms with Crippen LogP contribution in [0.5, 0.6) is 11.5 Å². The monoisotopic (exact) mass is 264 g/mol. The molecule has 102 valence electrons. The molecule has 19 heavy (non-hydrogen) atoms. The molecule has 1 amide bonds. The summed E-state index contributed by atoms with van der Waals surface area (Å²) in [6, 6.07) is 5.27. The number of nitrogens with two attached hydrogens (primary N) is 1. The van der Waals surface area contributed by atoms with Gasteiger partial charge in [-0.15, -0.1) is 0 Å². The van der Waals surface area contributed by atoms with E-state index in [0.717, 1.165) is 12.8 Å². The number of ether oxygens (including phenoxy) is 2. The molecule has 2 N–H and O–H groups in total. The van der Waals surface area contributed by atoms with E-state index in [1.165, 1.54) is 0 Å². The maximum absolute atomic E-state index is 12.4.